The Hall–Kier alpha value is -1.96. The second kappa shape index (κ2) is 8.29. The first kappa shape index (κ1) is 21.3. The van der Waals surface area contributed by atoms with Crippen LogP contribution in [0.15, 0.2) is 42.5 Å². The Morgan fingerprint density at radius 2 is 1.70 bits per heavy atom. The smallest absolute Gasteiger partial charge is 0.0642 e. The molecule has 1 fully saturated rings. The molecule has 0 aromatic heterocycles. The molecule has 2 aromatic rings. The summed E-state index contributed by atoms with van der Waals surface area (Å²) >= 11 is 0. The Labute approximate surface area is 184 Å². The fourth-order valence-electron chi connectivity index (χ4n) is 6.55. The van der Waals surface area contributed by atoms with E-state index in [4.69, 9.17) is 0 Å². The van der Waals surface area contributed by atoms with Crippen molar-refractivity contribution >= 4 is 17.1 Å². The molecule has 0 bridgehead atoms. The standard InChI is InChI=1S/C28H40N2/c1-6-10-14-21-15-13-18-24-26(21)30-20-25(30)28(9-4,19-7-2)27(5,8-3)22-16-11-12-17-23(22)29-24/h11-13,15-18,25,29H,6-10,14,19-20H2,1-5H3. The SMILES string of the molecule is CCCCc1cccc2c1N1CC1C(CC)(CCC)C(C)(CC)c1ccccc1N2. The number of hydrogen-bond acceptors (Lipinski definition) is 2. The average molecular weight is 405 g/mol. The summed E-state index contributed by atoms with van der Waals surface area (Å²) in [5, 5.41) is 3.91. The van der Waals surface area contributed by atoms with Crippen LogP contribution in [0.5, 0.6) is 0 Å². The summed E-state index contributed by atoms with van der Waals surface area (Å²) in [7, 11) is 0. The first-order valence-electron chi connectivity index (χ1n) is 12.3. The lowest BCUT2D eigenvalue weighted by molar-refractivity contribution is 0.102. The molecule has 162 valence electrons. The largest absolute Gasteiger partial charge is 0.362 e. The molecule has 0 amide bonds. The van der Waals surface area contributed by atoms with Gasteiger partial charge in [-0.05, 0) is 55.4 Å². The Morgan fingerprint density at radius 1 is 0.933 bits per heavy atom. The molecule has 0 saturated carbocycles. The number of rotatable bonds is 7. The highest BCUT2D eigenvalue weighted by Gasteiger charge is 2.60. The molecule has 2 heteroatoms. The van der Waals surface area contributed by atoms with Gasteiger partial charge in [0.1, 0.15) is 0 Å². The molecule has 2 aliphatic rings. The van der Waals surface area contributed by atoms with Crippen molar-refractivity contribution in [3.8, 4) is 0 Å². The molecule has 2 heterocycles. The van der Waals surface area contributed by atoms with E-state index in [-0.39, 0.29) is 10.8 Å². The van der Waals surface area contributed by atoms with Gasteiger partial charge in [0, 0.05) is 23.1 Å². The van der Waals surface area contributed by atoms with Crippen LogP contribution >= 0.6 is 0 Å². The summed E-state index contributed by atoms with van der Waals surface area (Å²) in [6.45, 7) is 13.3. The van der Waals surface area contributed by atoms with Crippen molar-refractivity contribution in [3.05, 3.63) is 53.6 Å². The molecular formula is C28H40N2. The van der Waals surface area contributed by atoms with Crippen molar-refractivity contribution in [2.45, 2.75) is 91.0 Å². The average Bonchev–Trinajstić information content (AvgIpc) is 3.56. The number of hydrogen-bond donors (Lipinski definition) is 1. The minimum absolute atomic E-state index is 0.145. The topological polar surface area (TPSA) is 15.0 Å². The Morgan fingerprint density at radius 3 is 2.40 bits per heavy atom. The second-order valence-electron chi connectivity index (χ2n) is 9.70. The number of aryl methyl sites for hydroxylation is 1. The molecule has 2 aromatic carbocycles. The van der Waals surface area contributed by atoms with Gasteiger partial charge >= 0.3 is 0 Å². The van der Waals surface area contributed by atoms with Gasteiger partial charge in [0.2, 0.25) is 0 Å². The fraction of sp³-hybridized carbons (Fsp3) is 0.571. The number of unbranched alkanes of at least 4 members (excludes halogenated alkanes) is 1. The Bertz CT molecular complexity index is 888. The molecule has 2 nitrogen and oxygen atoms in total. The minimum Gasteiger partial charge on any atom is -0.362 e. The van der Waals surface area contributed by atoms with Crippen molar-refractivity contribution in [1.29, 1.82) is 0 Å². The van der Waals surface area contributed by atoms with Crippen LogP contribution in [-0.4, -0.2) is 12.6 Å². The summed E-state index contributed by atoms with van der Waals surface area (Å²) in [4.78, 5) is 2.74. The van der Waals surface area contributed by atoms with E-state index in [1.165, 1.54) is 79.7 Å². The predicted octanol–water partition coefficient (Wildman–Crippen LogP) is 7.84. The Balaban J connectivity index is 1.95. The molecule has 30 heavy (non-hydrogen) atoms. The summed E-state index contributed by atoms with van der Waals surface area (Å²) in [5.74, 6) is 0. The van der Waals surface area contributed by atoms with Crippen molar-refractivity contribution in [2.75, 3.05) is 16.8 Å². The predicted molar refractivity (Wildman–Crippen MR) is 131 cm³/mol. The van der Waals surface area contributed by atoms with Crippen LogP contribution in [0.2, 0.25) is 0 Å². The van der Waals surface area contributed by atoms with E-state index in [2.05, 4.69) is 87.3 Å². The molecule has 2 aliphatic heterocycles. The molecule has 3 unspecified atom stereocenters. The van der Waals surface area contributed by atoms with E-state index in [9.17, 15) is 0 Å². The van der Waals surface area contributed by atoms with Gasteiger partial charge in [0.05, 0.1) is 17.4 Å². The van der Waals surface area contributed by atoms with E-state index in [1.54, 1.807) is 0 Å². The normalized spacial score (nSPS) is 27.1. The highest BCUT2D eigenvalue weighted by molar-refractivity contribution is 5.83. The zero-order valence-corrected chi connectivity index (χ0v) is 19.7. The highest BCUT2D eigenvalue weighted by Crippen LogP contribution is 2.60. The van der Waals surface area contributed by atoms with Gasteiger partial charge < -0.3 is 10.2 Å². The third-order valence-electron chi connectivity index (χ3n) is 8.38. The number of anilines is 3. The molecule has 1 saturated heterocycles. The molecule has 3 atom stereocenters. The van der Waals surface area contributed by atoms with E-state index in [1.807, 2.05) is 0 Å². The van der Waals surface area contributed by atoms with Crippen molar-refractivity contribution in [3.63, 3.8) is 0 Å². The van der Waals surface area contributed by atoms with Gasteiger partial charge in [-0.1, -0.05) is 77.8 Å². The van der Waals surface area contributed by atoms with Crippen LogP contribution < -0.4 is 10.2 Å². The van der Waals surface area contributed by atoms with Gasteiger partial charge in [-0.3, -0.25) is 0 Å². The lowest BCUT2D eigenvalue weighted by atomic mass is 9.54. The minimum atomic E-state index is 0.145. The summed E-state index contributed by atoms with van der Waals surface area (Å²) in [6, 6.07) is 16.6. The lowest BCUT2D eigenvalue weighted by Crippen LogP contribution is -2.48. The fourth-order valence-corrected chi connectivity index (χ4v) is 6.55. The molecule has 1 N–H and O–H groups in total. The van der Waals surface area contributed by atoms with Crippen LogP contribution in [0.4, 0.5) is 17.1 Å². The molecule has 0 aliphatic carbocycles. The summed E-state index contributed by atoms with van der Waals surface area (Å²) in [5.41, 5.74) is 7.51. The van der Waals surface area contributed by atoms with E-state index < -0.39 is 0 Å². The second-order valence-corrected chi connectivity index (χ2v) is 9.70. The highest BCUT2D eigenvalue weighted by atomic mass is 15.3. The zero-order valence-electron chi connectivity index (χ0n) is 19.7. The lowest BCUT2D eigenvalue weighted by Gasteiger charge is -2.50. The molecule has 0 radical (unpaired) electrons. The van der Waals surface area contributed by atoms with E-state index in [0.29, 0.717) is 6.04 Å². The maximum atomic E-state index is 3.91. The van der Waals surface area contributed by atoms with Gasteiger partial charge in [-0.15, -0.1) is 0 Å². The van der Waals surface area contributed by atoms with Crippen LogP contribution in [0.25, 0.3) is 0 Å². The van der Waals surface area contributed by atoms with Gasteiger partial charge in [0.15, 0.2) is 0 Å². The van der Waals surface area contributed by atoms with Crippen molar-refractivity contribution in [2.24, 2.45) is 5.41 Å². The van der Waals surface area contributed by atoms with Gasteiger partial charge in [-0.25, -0.2) is 0 Å². The van der Waals surface area contributed by atoms with Crippen LogP contribution in [0.1, 0.15) is 84.3 Å². The van der Waals surface area contributed by atoms with Gasteiger partial charge in [0.25, 0.3) is 0 Å². The van der Waals surface area contributed by atoms with E-state index >= 15 is 0 Å². The maximum Gasteiger partial charge on any atom is 0.0642 e. The van der Waals surface area contributed by atoms with Crippen molar-refractivity contribution < 1.29 is 0 Å². The number of fused-ring (bicyclic) bond motifs is 4. The third kappa shape index (κ3) is 3.15. The quantitative estimate of drug-likeness (QED) is 0.473. The number of nitrogens with zero attached hydrogens (tertiary/aromatic N) is 1. The first-order valence-corrected chi connectivity index (χ1v) is 12.3. The molecule has 0 spiro atoms. The molecule has 4 rings (SSSR count). The Kier molecular flexibility index (Phi) is 5.88. The van der Waals surface area contributed by atoms with Crippen LogP contribution in [0, 0.1) is 5.41 Å². The number of benzene rings is 2. The first-order chi connectivity index (χ1) is 14.6. The van der Waals surface area contributed by atoms with E-state index in [0.717, 1.165) is 0 Å². The van der Waals surface area contributed by atoms with Crippen LogP contribution in [0.3, 0.4) is 0 Å². The number of para-hydroxylation sites is 2. The van der Waals surface area contributed by atoms with Gasteiger partial charge in [-0.2, -0.15) is 0 Å². The van der Waals surface area contributed by atoms with Crippen LogP contribution in [-0.2, 0) is 11.8 Å². The maximum absolute atomic E-state index is 3.91. The monoisotopic (exact) mass is 404 g/mol. The zero-order chi connectivity index (χ0) is 21.4. The molecular weight excluding hydrogens is 364 g/mol. The summed E-state index contributed by atoms with van der Waals surface area (Å²) in [6.07, 6.45) is 8.60. The third-order valence-corrected chi connectivity index (χ3v) is 8.38. The summed E-state index contributed by atoms with van der Waals surface area (Å²) < 4.78 is 0. The van der Waals surface area contributed by atoms with Crippen molar-refractivity contribution in [1.82, 2.24) is 0 Å². The number of nitrogens with one attached hydrogen (secondary N) is 1.